The minimum Gasteiger partial charge on any atom is -0.341 e. The Morgan fingerprint density at radius 2 is 2.05 bits per heavy atom. The first-order valence-electron chi connectivity index (χ1n) is 6.72. The van der Waals surface area contributed by atoms with Crippen LogP contribution in [0.15, 0.2) is 34.8 Å². The van der Waals surface area contributed by atoms with Crippen molar-refractivity contribution < 1.29 is 0 Å². The fourth-order valence-corrected chi connectivity index (χ4v) is 4.26. The van der Waals surface area contributed by atoms with Crippen molar-refractivity contribution in [3.8, 4) is 11.3 Å². The summed E-state index contributed by atoms with van der Waals surface area (Å²) in [6, 6.07) is 10.3. The van der Waals surface area contributed by atoms with E-state index >= 15 is 0 Å². The zero-order valence-electron chi connectivity index (χ0n) is 10.9. The highest BCUT2D eigenvalue weighted by Crippen LogP contribution is 2.38. The third-order valence-corrected chi connectivity index (χ3v) is 6.15. The molecule has 3 rings (SSSR count). The molecule has 1 aliphatic rings. The highest BCUT2D eigenvalue weighted by atomic mass is 79.9. The van der Waals surface area contributed by atoms with E-state index in [9.17, 15) is 0 Å². The first-order chi connectivity index (χ1) is 9.75. The van der Waals surface area contributed by atoms with E-state index in [1.54, 1.807) is 0 Å². The van der Waals surface area contributed by atoms with E-state index in [2.05, 4.69) is 38.0 Å². The van der Waals surface area contributed by atoms with Gasteiger partial charge in [-0.25, -0.2) is 4.98 Å². The number of rotatable bonds is 2. The molecule has 1 aromatic heterocycles. The molecular weight excluding hydrogens is 352 g/mol. The molecule has 5 heteroatoms. The van der Waals surface area contributed by atoms with E-state index in [1.807, 2.05) is 30.0 Å². The zero-order valence-corrected chi connectivity index (χ0v) is 14.2. The van der Waals surface area contributed by atoms with Gasteiger partial charge >= 0.3 is 0 Å². The Morgan fingerprint density at radius 1 is 1.25 bits per heavy atom. The quantitative estimate of drug-likeness (QED) is 0.708. The van der Waals surface area contributed by atoms with Crippen LogP contribution in [-0.4, -0.2) is 15.7 Å². The van der Waals surface area contributed by atoms with Crippen molar-refractivity contribution in [3.63, 3.8) is 0 Å². The Balaban J connectivity index is 2.06. The summed E-state index contributed by atoms with van der Waals surface area (Å²) in [6.07, 6.45) is 3.76. The van der Waals surface area contributed by atoms with E-state index in [-0.39, 0.29) is 0 Å². The van der Waals surface area contributed by atoms with Gasteiger partial charge in [-0.2, -0.15) is 11.8 Å². The van der Waals surface area contributed by atoms with Crippen LogP contribution in [-0.2, 0) is 0 Å². The fraction of sp³-hybridized carbons (Fsp3) is 0.333. The summed E-state index contributed by atoms with van der Waals surface area (Å²) in [5.74, 6) is 2.23. The molecule has 2 aromatic rings. The van der Waals surface area contributed by atoms with Crippen LogP contribution in [0.1, 0.15) is 30.3 Å². The van der Waals surface area contributed by atoms with Crippen LogP contribution in [0.25, 0.3) is 11.3 Å². The molecule has 1 aromatic carbocycles. The Hall–Kier alpha value is -0.650. The highest BCUT2D eigenvalue weighted by Gasteiger charge is 2.20. The highest BCUT2D eigenvalue weighted by molar-refractivity contribution is 9.10. The maximum absolute atomic E-state index is 5.41. The average molecular weight is 367 g/mol. The Bertz CT molecular complexity index is 649. The third-order valence-electron chi connectivity index (χ3n) is 3.43. The van der Waals surface area contributed by atoms with E-state index in [4.69, 9.17) is 12.2 Å². The van der Waals surface area contributed by atoms with Gasteiger partial charge in [-0.05, 0) is 40.1 Å². The van der Waals surface area contributed by atoms with Crippen molar-refractivity contribution in [2.45, 2.75) is 24.5 Å². The second-order valence-corrected chi connectivity index (χ2v) is 7.33. The van der Waals surface area contributed by atoms with Gasteiger partial charge in [0.1, 0.15) is 10.5 Å². The SMILES string of the molecule is S=c1nc(C2CCCCS2)[nH]c(-c2ccccc2)c1Br. The molecule has 1 unspecified atom stereocenters. The number of hydrogen-bond acceptors (Lipinski definition) is 3. The zero-order chi connectivity index (χ0) is 13.9. The van der Waals surface area contributed by atoms with Gasteiger partial charge < -0.3 is 4.98 Å². The number of halogens is 1. The largest absolute Gasteiger partial charge is 0.341 e. The van der Waals surface area contributed by atoms with Crippen molar-refractivity contribution in [3.05, 3.63) is 45.3 Å². The van der Waals surface area contributed by atoms with Crippen LogP contribution >= 0.6 is 39.9 Å². The Morgan fingerprint density at radius 3 is 2.75 bits per heavy atom. The first kappa shape index (κ1) is 14.3. The molecular formula is C15H15BrN2S2. The number of benzene rings is 1. The number of aromatic nitrogens is 2. The van der Waals surface area contributed by atoms with Crippen molar-refractivity contribution in [1.82, 2.24) is 9.97 Å². The third kappa shape index (κ3) is 3.00. The molecule has 1 atom stereocenters. The molecule has 0 radical (unpaired) electrons. The lowest BCUT2D eigenvalue weighted by molar-refractivity contribution is 0.661. The molecule has 2 nitrogen and oxygen atoms in total. The van der Waals surface area contributed by atoms with Crippen molar-refractivity contribution in [2.75, 3.05) is 5.75 Å². The molecule has 0 amide bonds. The standard InChI is InChI=1S/C15H15BrN2S2/c16-12-13(10-6-2-1-3-7-10)17-14(18-15(12)19)11-8-4-5-9-20-11/h1-3,6-7,11H,4-5,8-9H2,(H,17,18,19). The van der Waals surface area contributed by atoms with Crippen LogP contribution in [0.4, 0.5) is 0 Å². The Kier molecular flexibility index (Phi) is 4.58. The number of nitrogens with zero attached hydrogens (tertiary/aromatic N) is 1. The number of thioether (sulfide) groups is 1. The van der Waals surface area contributed by atoms with Gasteiger partial charge in [0.25, 0.3) is 0 Å². The van der Waals surface area contributed by atoms with Crippen molar-refractivity contribution >= 4 is 39.9 Å². The monoisotopic (exact) mass is 366 g/mol. The molecule has 20 heavy (non-hydrogen) atoms. The molecule has 0 spiro atoms. The number of aromatic amines is 1. The summed E-state index contributed by atoms with van der Waals surface area (Å²) in [5, 5.41) is 0.445. The molecule has 1 N–H and O–H groups in total. The van der Waals surface area contributed by atoms with Gasteiger partial charge in [0.15, 0.2) is 0 Å². The second kappa shape index (κ2) is 6.41. The van der Waals surface area contributed by atoms with Gasteiger partial charge in [0.05, 0.1) is 15.4 Å². The molecule has 104 valence electrons. The van der Waals surface area contributed by atoms with Gasteiger partial charge in [-0.15, -0.1) is 0 Å². The molecule has 1 saturated heterocycles. The predicted octanol–water partition coefficient (Wildman–Crippen LogP) is 5.53. The van der Waals surface area contributed by atoms with Crippen LogP contribution in [0.2, 0.25) is 0 Å². The van der Waals surface area contributed by atoms with Gasteiger partial charge in [-0.1, -0.05) is 49.0 Å². The predicted molar refractivity (Wildman–Crippen MR) is 91.6 cm³/mol. The minimum atomic E-state index is 0.445. The van der Waals surface area contributed by atoms with Crippen LogP contribution in [0.3, 0.4) is 0 Å². The van der Waals surface area contributed by atoms with E-state index < -0.39 is 0 Å². The summed E-state index contributed by atoms with van der Waals surface area (Å²) >= 11 is 11.0. The maximum atomic E-state index is 5.41. The number of nitrogens with one attached hydrogen (secondary N) is 1. The molecule has 0 aliphatic carbocycles. The summed E-state index contributed by atoms with van der Waals surface area (Å²) in [7, 11) is 0. The summed E-state index contributed by atoms with van der Waals surface area (Å²) in [5.41, 5.74) is 2.17. The lowest BCUT2D eigenvalue weighted by Crippen LogP contribution is -2.08. The molecule has 0 saturated carbocycles. The molecule has 2 heterocycles. The summed E-state index contributed by atoms with van der Waals surface area (Å²) < 4.78 is 1.52. The van der Waals surface area contributed by atoms with Crippen LogP contribution < -0.4 is 0 Å². The van der Waals surface area contributed by atoms with E-state index in [1.165, 1.54) is 25.0 Å². The maximum Gasteiger partial charge on any atom is 0.144 e. The second-order valence-electron chi connectivity index (χ2n) is 4.84. The molecule has 0 bridgehead atoms. The molecule has 1 aliphatic heterocycles. The van der Waals surface area contributed by atoms with Crippen molar-refractivity contribution in [1.29, 1.82) is 0 Å². The molecule has 1 fully saturated rings. The number of H-pyrrole nitrogens is 1. The van der Waals surface area contributed by atoms with Gasteiger partial charge in [0, 0.05) is 0 Å². The van der Waals surface area contributed by atoms with Crippen LogP contribution in [0, 0.1) is 4.64 Å². The van der Waals surface area contributed by atoms with E-state index in [0.717, 1.165) is 21.6 Å². The topological polar surface area (TPSA) is 28.7 Å². The summed E-state index contributed by atoms with van der Waals surface area (Å²) in [6.45, 7) is 0. The van der Waals surface area contributed by atoms with Crippen molar-refractivity contribution in [2.24, 2.45) is 0 Å². The van der Waals surface area contributed by atoms with Gasteiger partial charge in [-0.3, -0.25) is 0 Å². The first-order valence-corrected chi connectivity index (χ1v) is 8.97. The lowest BCUT2D eigenvalue weighted by atomic mass is 10.1. The van der Waals surface area contributed by atoms with Gasteiger partial charge in [0.2, 0.25) is 0 Å². The smallest absolute Gasteiger partial charge is 0.144 e. The van der Waals surface area contributed by atoms with E-state index in [0.29, 0.717) is 9.89 Å². The fourth-order valence-electron chi connectivity index (χ4n) is 2.39. The van der Waals surface area contributed by atoms with Crippen LogP contribution in [0.5, 0.6) is 0 Å². The normalized spacial score (nSPS) is 18.9. The number of hydrogen-bond donors (Lipinski definition) is 1. The Labute approximate surface area is 136 Å². The minimum absolute atomic E-state index is 0.445. The average Bonchev–Trinajstić information content (AvgIpc) is 2.51. The summed E-state index contributed by atoms with van der Waals surface area (Å²) in [4.78, 5) is 8.07. The lowest BCUT2D eigenvalue weighted by Gasteiger charge is -2.21.